The predicted octanol–water partition coefficient (Wildman–Crippen LogP) is 5.28. The molecule has 2 rings (SSSR count). The third-order valence-corrected chi connectivity index (χ3v) is 5.40. The largest absolute Gasteiger partial charge is 0.460 e. The van der Waals surface area contributed by atoms with Crippen molar-refractivity contribution in [1.29, 1.82) is 0 Å². The summed E-state index contributed by atoms with van der Waals surface area (Å²) in [6, 6.07) is 5.79. The van der Waals surface area contributed by atoms with E-state index in [0.29, 0.717) is 19.5 Å². The van der Waals surface area contributed by atoms with Gasteiger partial charge in [-0.15, -0.1) is 0 Å². The minimum Gasteiger partial charge on any atom is -0.460 e. The molecule has 1 aromatic carbocycles. The van der Waals surface area contributed by atoms with Gasteiger partial charge in [-0.25, -0.2) is 4.79 Å². The molecule has 1 saturated heterocycles. The van der Waals surface area contributed by atoms with Gasteiger partial charge in [-0.05, 0) is 51.3 Å². The highest BCUT2D eigenvalue weighted by molar-refractivity contribution is 5.70. The van der Waals surface area contributed by atoms with Crippen LogP contribution in [-0.4, -0.2) is 78.6 Å². The number of anilines is 1. The highest BCUT2D eigenvalue weighted by Crippen LogP contribution is 2.36. The van der Waals surface area contributed by atoms with Gasteiger partial charge in [-0.2, -0.15) is 26.3 Å². The molecule has 1 aromatic rings. The lowest BCUT2D eigenvalue weighted by Gasteiger charge is -2.35. The lowest BCUT2D eigenvalue weighted by atomic mass is 10.1. The molecule has 1 heterocycles. The second-order valence-electron chi connectivity index (χ2n) is 9.89. The number of rotatable bonds is 8. The molecule has 7 nitrogen and oxygen atoms in total. The Balaban J connectivity index is 1.89. The van der Waals surface area contributed by atoms with Crippen LogP contribution in [0.1, 0.15) is 44.7 Å². The zero-order chi connectivity index (χ0) is 28.0. The quantitative estimate of drug-likeness (QED) is 0.275. The van der Waals surface area contributed by atoms with E-state index in [1.54, 1.807) is 20.8 Å². The van der Waals surface area contributed by atoms with Crippen molar-refractivity contribution in [3.05, 3.63) is 29.3 Å². The number of nitrogens with one attached hydrogen (secondary N) is 1. The van der Waals surface area contributed by atoms with Crippen molar-refractivity contribution in [2.24, 2.45) is 0 Å². The maximum absolute atomic E-state index is 12.7. The fourth-order valence-electron chi connectivity index (χ4n) is 3.67. The van der Waals surface area contributed by atoms with Gasteiger partial charge in [0.15, 0.2) is 0 Å². The highest BCUT2D eigenvalue weighted by atomic mass is 19.4. The van der Waals surface area contributed by atoms with E-state index in [0.717, 1.165) is 21.7 Å². The molecule has 1 aliphatic heterocycles. The van der Waals surface area contributed by atoms with Gasteiger partial charge < -0.3 is 19.7 Å². The van der Waals surface area contributed by atoms with E-state index in [1.165, 1.54) is 0 Å². The maximum Gasteiger partial charge on any atom is 0.434 e. The molecule has 0 radical (unpaired) electrons. The second kappa shape index (κ2) is 12.2. The third-order valence-electron chi connectivity index (χ3n) is 5.40. The fourth-order valence-corrected chi connectivity index (χ4v) is 3.67. The molecule has 1 fully saturated rings. The molecule has 1 N–H and O–H groups in total. The molecule has 0 aliphatic carbocycles. The predicted molar refractivity (Wildman–Crippen MR) is 124 cm³/mol. The zero-order valence-corrected chi connectivity index (χ0v) is 21.3. The van der Waals surface area contributed by atoms with E-state index in [-0.39, 0.29) is 38.6 Å². The van der Waals surface area contributed by atoms with Crippen LogP contribution < -0.4 is 5.32 Å². The van der Waals surface area contributed by atoms with Crippen LogP contribution in [0.15, 0.2) is 18.2 Å². The summed E-state index contributed by atoms with van der Waals surface area (Å²) in [5.74, 6) is -0.285. The average Bonchev–Trinajstić information content (AvgIpc) is 2.74. The number of carbonyl (C=O) groups is 2. The smallest absolute Gasteiger partial charge is 0.434 e. The molecular formula is C24H33F6N3O4. The van der Waals surface area contributed by atoms with E-state index >= 15 is 0 Å². The number of esters is 1. The van der Waals surface area contributed by atoms with Gasteiger partial charge in [0.1, 0.15) is 5.60 Å². The number of aryl methyl sites for hydroxylation is 1. The van der Waals surface area contributed by atoms with Gasteiger partial charge in [0, 0.05) is 51.4 Å². The zero-order valence-electron chi connectivity index (χ0n) is 21.3. The van der Waals surface area contributed by atoms with Crippen LogP contribution >= 0.6 is 0 Å². The molecule has 37 heavy (non-hydrogen) atoms. The first-order valence-electron chi connectivity index (χ1n) is 11.8. The molecular weight excluding hydrogens is 508 g/mol. The van der Waals surface area contributed by atoms with E-state index in [4.69, 9.17) is 4.74 Å². The van der Waals surface area contributed by atoms with Crippen LogP contribution in [0, 0.1) is 6.92 Å². The summed E-state index contributed by atoms with van der Waals surface area (Å²) in [4.78, 5) is 26.6. The second-order valence-corrected chi connectivity index (χ2v) is 9.89. The molecule has 0 unspecified atom stereocenters. The van der Waals surface area contributed by atoms with Gasteiger partial charge in [-0.3, -0.25) is 9.69 Å². The van der Waals surface area contributed by atoms with Crippen molar-refractivity contribution in [2.45, 2.75) is 71.1 Å². The Morgan fingerprint density at radius 3 is 2.14 bits per heavy atom. The summed E-state index contributed by atoms with van der Waals surface area (Å²) < 4.78 is 85.1. The highest BCUT2D eigenvalue weighted by Gasteiger charge is 2.60. The number of ether oxygens (including phenoxy) is 2. The Hall–Kier alpha value is -2.70. The Bertz CT molecular complexity index is 909. The minimum atomic E-state index is -5.75. The number of carbonyl (C=O) groups excluding carboxylic acids is 2. The van der Waals surface area contributed by atoms with Crippen molar-refractivity contribution >= 4 is 17.7 Å². The first-order valence-corrected chi connectivity index (χ1v) is 11.8. The summed E-state index contributed by atoms with van der Waals surface area (Å²) in [6.45, 7) is 8.62. The first kappa shape index (κ1) is 30.5. The van der Waals surface area contributed by atoms with Crippen molar-refractivity contribution in [3.8, 4) is 0 Å². The number of hydrogen-bond donors (Lipinski definition) is 1. The van der Waals surface area contributed by atoms with Crippen LogP contribution in [0.25, 0.3) is 0 Å². The minimum absolute atomic E-state index is 0.0776. The average molecular weight is 542 g/mol. The van der Waals surface area contributed by atoms with Crippen LogP contribution in [0.2, 0.25) is 0 Å². The Labute approximate surface area is 212 Å². The van der Waals surface area contributed by atoms with Gasteiger partial charge in [0.25, 0.3) is 6.10 Å². The van der Waals surface area contributed by atoms with Crippen LogP contribution in [0.3, 0.4) is 0 Å². The Kier molecular flexibility index (Phi) is 10.1. The fraction of sp³-hybridized carbons (Fsp3) is 0.667. The van der Waals surface area contributed by atoms with Crippen LogP contribution in [-0.2, 0) is 20.8 Å². The summed E-state index contributed by atoms with van der Waals surface area (Å²) in [5, 5.41) is 3.31. The molecule has 0 atom stereocenters. The molecule has 1 aliphatic rings. The third kappa shape index (κ3) is 10.3. The van der Waals surface area contributed by atoms with Crippen LogP contribution in [0.5, 0.6) is 0 Å². The standard InChI is InChI=1S/C24H33F6N3O4/c1-16-7-8-17(18(14-16)31-9-5-6-19(34)37-22(2,3)4)15-32-10-12-33(13-11-32)21(35)36-20(23(25,26)27)24(28,29)30/h7-8,14,20,31H,5-6,9-13,15H2,1-4H3. The normalized spacial score (nSPS) is 15.6. The van der Waals surface area contributed by atoms with Crippen molar-refractivity contribution in [3.63, 3.8) is 0 Å². The SMILES string of the molecule is Cc1ccc(CN2CCN(C(=O)OC(C(F)(F)F)C(F)(F)F)CC2)c(NCCCC(=O)OC(C)(C)C)c1. The van der Waals surface area contributed by atoms with Gasteiger partial charge >= 0.3 is 24.4 Å². The number of hydrogen-bond acceptors (Lipinski definition) is 6. The number of piperazine rings is 1. The summed E-state index contributed by atoms with van der Waals surface area (Å²) in [7, 11) is 0. The monoisotopic (exact) mass is 541 g/mol. The summed E-state index contributed by atoms with van der Waals surface area (Å²) in [6.07, 6.45) is -16.5. The van der Waals surface area contributed by atoms with Gasteiger partial charge in [-0.1, -0.05) is 12.1 Å². The van der Waals surface area contributed by atoms with E-state index in [9.17, 15) is 35.9 Å². The van der Waals surface area contributed by atoms with Crippen molar-refractivity contribution in [1.82, 2.24) is 9.80 Å². The number of nitrogens with zero attached hydrogens (tertiary/aromatic N) is 2. The number of amides is 1. The molecule has 13 heteroatoms. The summed E-state index contributed by atoms with van der Waals surface area (Å²) >= 11 is 0. The number of alkyl halides is 6. The van der Waals surface area contributed by atoms with Crippen LogP contribution in [0.4, 0.5) is 36.8 Å². The summed E-state index contributed by atoms with van der Waals surface area (Å²) in [5.41, 5.74) is 2.24. The lowest BCUT2D eigenvalue weighted by Crippen LogP contribution is -2.52. The van der Waals surface area contributed by atoms with Crippen molar-refractivity contribution < 1.29 is 45.4 Å². The Morgan fingerprint density at radius 2 is 1.59 bits per heavy atom. The van der Waals surface area contributed by atoms with Crippen molar-refractivity contribution in [2.75, 3.05) is 38.0 Å². The van der Waals surface area contributed by atoms with Gasteiger partial charge in [0.05, 0.1) is 0 Å². The Morgan fingerprint density at radius 1 is 1.00 bits per heavy atom. The lowest BCUT2D eigenvalue weighted by molar-refractivity contribution is -0.308. The maximum atomic E-state index is 12.7. The van der Waals surface area contributed by atoms with Gasteiger partial charge in [0.2, 0.25) is 0 Å². The topological polar surface area (TPSA) is 71.1 Å². The molecule has 0 aromatic heterocycles. The van der Waals surface area contributed by atoms with E-state index in [1.807, 2.05) is 30.0 Å². The van der Waals surface area contributed by atoms with E-state index in [2.05, 4.69) is 10.1 Å². The molecule has 210 valence electrons. The van der Waals surface area contributed by atoms with E-state index < -0.39 is 30.2 Å². The molecule has 0 bridgehead atoms. The first-order chi connectivity index (χ1) is 17.0. The number of halogens is 6. The molecule has 0 saturated carbocycles. The molecule has 1 amide bonds. The molecule has 0 spiro atoms. The number of benzene rings is 1.